The lowest BCUT2D eigenvalue weighted by molar-refractivity contribution is -0.138. The summed E-state index contributed by atoms with van der Waals surface area (Å²) in [6.07, 6.45) is 0.0454. The topological polar surface area (TPSA) is 61.9 Å². The fourth-order valence-corrected chi connectivity index (χ4v) is 3.43. The monoisotopic (exact) mass is 433 g/mol. The molecule has 2 aromatic rings. The minimum absolute atomic E-state index is 0.0454. The van der Waals surface area contributed by atoms with Gasteiger partial charge < -0.3 is 15.0 Å². The molecule has 1 heterocycles. The van der Waals surface area contributed by atoms with Crippen molar-refractivity contribution in [2.45, 2.75) is 19.0 Å². The quantitative estimate of drug-likeness (QED) is 0.695. The van der Waals surface area contributed by atoms with Crippen molar-refractivity contribution in [2.24, 2.45) is 0 Å². The van der Waals surface area contributed by atoms with E-state index in [9.17, 15) is 14.0 Å². The molecule has 2 amide bonds. The van der Waals surface area contributed by atoms with Crippen LogP contribution < -0.4 is 10.1 Å². The van der Waals surface area contributed by atoms with E-state index in [4.69, 9.17) is 16.3 Å². The molecule has 0 aromatic heterocycles. The first-order valence-electron chi connectivity index (χ1n) is 9.81. The van der Waals surface area contributed by atoms with Crippen LogP contribution in [0.25, 0.3) is 0 Å². The number of rotatable bonds is 8. The fourth-order valence-electron chi connectivity index (χ4n) is 3.31. The van der Waals surface area contributed by atoms with Crippen molar-refractivity contribution < 1.29 is 18.7 Å². The van der Waals surface area contributed by atoms with E-state index >= 15 is 0 Å². The minimum Gasteiger partial charge on any atom is -0.492 e. The van der Waals surface area contributed by atoms with Gasteiger partial charge in [0.1, 0.15) is 18.2 Å². The Balaban J connectivity index is 1.56. The number of carbonyl (C=O) groups is 2. The number of halogens is 2. The standard InChI is InChI=1S/C22H25ClFN3O3/c1-26(11-12-30-17-5-3-2-4-6-17)21(28)14-20-22(29)25-9-10-27(20)15-16-7-8-18(23)19(24)13-16/h2-8,13,20H,9-12,14-15H2,1H3,(H,25,29)/t20-/m0/s1. The average Bonchev–Trinajstić information content (AvgIpc) is 2.74. The van der Waals surface area contributed by atoms with Crippen LogP contribution in [0.3, 0.4) is 0 Å². The molecule has 2 aromatic carbocycles. The van der Waals surface area contributed by atoms with Gasteiger partial charge in [-0.3, -0.25) is 14.5 Å². The summed E-state index contributed by atoms with van der Waals surface area (Å²) < 4.78 is 19.4. The number of ether oxygens (including phenoxy) is 1. The Hall–Kier alpha value is -2.64. The van der Waals surface area contributed by atoms with E-state index in [1.165, 1.54) is 12.1 Å². The van der Waals surface area contributed by atoms with Gasteiger partial charge in [-0.05, 0) is 29.8 Å². The summed E-state index contributed by atoms with van der Waals surface area (Å²) in [6, 6.07) is 13.4. The van der Waals surface area contributed by atoms with Gasteiger partial charge >= 0.3 is 0 Å². The fraction of sp³-hybridized carbons (Fsp3) is 0.364. The summed E-state index contributed by atoms with van der Waals surface area (Å²) in [5.74, 6) is -0.105. The third-order valence-electron chi connectivity index (χ3n) is 5.04. The van der Waals surface area contributed by atoms with E-state index in [2.05, 4.69) is 5.32 Å². The smallest absolute Gasteiger partial charge is 0.237 e. The maximum atomic E-state index is 13.8. The molecular weight excluding hydrogens is 409 g/mol. The first-order chi connectivity index (χ1) is 14.4. The van der Waals surface area contributed by atoms with Crippen LogP contribution in [0.15, 0.2) is 48.5 Å². The molecule has 1 saturated heterocycles. The Morgan fingerprint density at radius 3 is 2.80 bits per heavy atom. The van der Waals surface area contributed by atoms with Crippen molar-refractivity contribution >= 4 is 23.4 Å². The number of carbonyl (C=O) groups excluding carboxylic acids is 2. The molecular formula is C22H25ClFN3O3. The van der Waals surface area contributed by atoms with E-state index in [0.717, 1.165) is 5.75 Å². The summed E-state index contributed by atoms with van der Waals surface area (Å²) in [5, 5.41) is 2.86. The first kappa shape index (κ1) is 22.1. The predicted octanol–water partition coefficient (Wildman–Crippen LogP) is 2.71. The molecule has 1 atom stereocenters. The summed E-state index contributed by atoms with van der Waals surface area (Å²) in [7, 11) is 1.69. The van der Waals surface area contributed by atoms with E-state index in [0.29, 0.717) is 38.3 Å². The molecule has 0 spiro atoms. The molecule has 160 valence electrons. The van der Waals surface area contributed by atoms with E-state index in [1.807, 2.05) is 35.2 Å². The average molecular weight is 434 g/mol. The number of piperazine rings is 1. The highest BCUT2D eigenvalue weighted by molar-refractivity contribution is 6.30. The lowest BCUT2D eigenvalue weighted by atomic mass is 10.1. The molecule has 0 saturated carbocycles. The number of nitrogens with zero attached hydrogens (tertiary/aromatic N) is 2. The molecule has 0 unspecified atom stereocenters. The van der Waals surface area contributed by atoms with Gasteiger partial charge in [0, 0.05) is 26.7 Å². The second-order valence-corrected chi connectivity index (χ2v) is 7.61. The summed E-state index contributed by atoms with van der Waals surface area (Å²) in [5.41, 5.74) is 0.702. The van der Waals surface area contributed by atoms with E-state index in [1.54, 1.807) is 18.0 Å². The lowest BCUT2D eigenvalue weighted by Gasteiger charge is -2.35. The molecule has 1 N–H and O–H groups in total. The Kier molecular flexibility index (Phi) is 7.65. The second kappa shape index (κ2) is 10.4. The van der Waals surface area contributed by atoms with E-state index in [-0.39, 0.29) is 23.3 Å². The van der Waals surface area contributed by atoms with Gasteiger partial charge in [0.25, 0.3) is 0 Å². The van der Waals surface area contributed by atoms with Crippen LogP contribution in [0.4, 0.5) is 4.39 Å². The van der Waals surface area contributed by atoms with Gasteiger partial charge in [0.15, 0.2) is 0 Å². The SMILES string of the molecule is CN(CCOc1ccccc1)C(=O)C[C@H]1C(=O)NCCN1Cc1ccc(Cl)c(F)c1. The van der Waals surface area contributed by atoms with Gasteiger partial charge in [-0.2, -0.15) is 0 Å². The van der Waals surface area contributed by atoms with Crippen LogP contribution >= 0.6 is 11.6 Å². The highest BCUT2D eigenvalue weighted by Gasteiger charge is 2.32. The molecule has 0 bridgehead atoms. The summed E-state index contributed by atoms with van der Waals surface area (Å²) in [4.78, 5) is 28.6. The zero-order valence-electron chi connectivity index (χ0n) is 16.8. The number of amides is 2. The molecule has 8 heteroatoms. The van der Waals surface area contributed by atoms with Crippen LogP contribution in [0.1, 0.15) is 12.0 Å². The van der Waals surface area contributed by atoms with Gasteiger partial charge in [0.2, 0.25) is 11.8 Å². The Bertz CT molecular complexity index is 881. The molecule has 3 rings (SSSR count). The normalized spacial score (nSPS) is 16.8. The van der Waals surface area contributed by atoms with Crippen molar-refractivity contribution in [3.05, 3.63) is 64.9 Å². The number of likely N-dealkylation sites (N-methyl/N-ethyl adjacent to an activating group) is 1. The molecule has 1 aliphatic rings. The van der Waals surface area contributed by atoms with Crippen LogP contribution in [0.5, 0.6) is 5.75 Å². The van der Waals surface area contributed by atoms with Crippen LogP contribution in [-0.4, -0.2) is 60.9 Å². The molecule has 1 aliphatic heterocycles. The first-order valence-corrected chi connectivity index (χ1v) is 10.2. The van der Waals surface area contributed by atoms with Gasteiger partial charge in [-0.25, -0.2) is 4.39 Å². The van der Waals surface area contributed by atoms with Gasteiger partial charge in [0.05, 0.1) is 24.0 Å². The van der Waals surface area contributed by atoms with Crippen LogP contribution in [0.2, 0.25) is 5.02 Å². The third-order valence-corrected chi connectivity index (χ3v) is 5.35. The number of benzene rings is 2. The lowest BCUT2D eigenvalue weighted by Crippen LogP contribution is -2.56. The third kappa shape index (κ3) is 5.93. The highest BCUT2D eigenvalue weighted by Crippen LogP contribution is 2.19. The van der Waals surface area contributed by atoms with Crippen molar-refractivity contribution in [1.29, 1.82) is 0 Å². The van der Waals surface area contributed by atoms with Crippen molar-refractivity contribution in [1.82, 2.24) is 15.1 Å². The molecule has 6 nitrogen and oxygen atoms in total. The second-order valence-electron chi connectivity index (χ2n) is 7.21. The van der Waals surface area contributed by atoms with Gasteiger partial charge in [-0.15, -0.1) is 0 Å². The number of hydrogen-bond acceptors (Lipinski definition) is 4. The van der Waals surface area contributed by atoms with Crippen molar-refractivity contribution in [3.63, 3.8) is 0 Å². The Labute approximate surface area is 180 Å². The summed E-state index contributed by atoms with van der Waals surface area (Å²) in [6.45, 7) is 2.19. The molecule has 30 heavy (non-hydrogen) atoms. The predicted molar refractivity (Wildman–Crippen MR) is 113 cm³/mol. The maximum absolute atomic E-state index is 13.8. The Morgan fingerprint density at radius 1 is 1.30 bits per heavy atom. The van der Waals surface area contributed by atoms with E-state index < -0.39 is 11.9 Å². The molecule has 0 aliphatic carbocycles. The van der Waals surface area contributed by atoms with Gasteiger partial charge in [-0.1, -0.05) is 35.9 Å². The zero-order valence-corrected chi connectivity index (χ0v) is 17.6. The van der Waals surface area contributed by atoms with Crippen molar-refractivity contribution in [3.8, 4) is 5.75 Å². The van der Waals surface area contributed by atoms with Crippen LogP contribution in [-0.2, 0) is 16.1 Å². The molecule has 1 fully saturated rings. The Morgan fingerprint density at radius 2 is 2.07 bits per heavy atom. The number of nitrogens with one attached hydrogen (secondary N) is 1. The summed E-state index contributed by atoms with van der Waals surface area (Å²) >= 11 is 5.75. The number of para-hydroxylation sites is 1. The maximum Gasteiger partial charge on any atom is 0.237 e. The van der Waals surface area contributed by atoms with Crippen LogP contribution in [0, 0.1) is 5.82 Å². The largest absolute Gasteiger partial charge is 0.492 e. The highest BCUT2D eigenvalue weighted by atomic mass is 35.5. The van der Waals surface area contributed by atoms with Crippen molar-refractivity contribution in [2.75, 3.05) is 33.3 Å². The minimum atomic E-state index is -0.609. The zero-order chi connectivity index (χ0) is 21.5. The number of hydrogen-bond donors (Lipinski definition) is 1. The molecule has 0 radical (unpaired) electrons.